The zero-order valence-electron chi connectivity index (χ0n) is 12.9. The van der Waals surface area contributed by atoms with Crippen LogP contribution in [0.2, 0.25) is 0 Å². The van der Waals surface area contributed by atoms with Gasteiger partial charge in [-0.25, -0.2) is 8.42 Å². The molecule has 1 aromatic carbocycles. The molecule has 0 spiro atoms. The van der Waals surface area contributed by atoms with Gasteiger partial charge >= 0.3 is 0 Å². The van der Waals surface area contributed by atoms with Gasteiger partial charge in [0, 0.05) is 12.3 Å². The highest BCUT2D eigenvalue weighted by Gasteiger charge is 2.29. The molecule has 23 heavy (non-hydrogen) atoms. The molecule has 0 aliphatic heterocycles. The monoisotopic (exact) mass is 340 g/mol. The molecule has 1 unspecified atom stereocenters. The number of nitrogens with zero attached hydrogens (tertiary/aromatic N) is 1. The summed E-state index contributed by atoms with van der Waals surface area (Å²) in [5.74, 6) is -0.801. The van der Waals surface area contributed by atoms with E-state index in [2.05, 4.69) is 0 Å². The number of hydrogen-bond acceptors (Lipinski definition) is 5. The van der Waals surface area contributed by atoms with E-state index in [9.17, 15) is 23.3 Å². The number of benzene rings is 1. The summed E-state index contributed by atoms with van der Waals surface area (Å²) >= 11 is 0. The molecule has 1 aliphatic rings. The minimum absolute atomic E-state index is 0.352. The van der Waals surface area contributed by atoms with Crippen molar-refractivity contribution in [2.45, 2.75) is 42.9 Å². The van der Waals surface area contributed by atoms with E-state index in [0.29, 0.717) is 17.9 Å². The molecule has 2 N–H and O–H groups in total. The lowest BCUT2D eigenvalue weighted by Crippen LogP contribution is -2.23. The fourth-order valence-corrected chi connectivity index (χ4v) is 4.03. The molecule has 2 rings (SSSR count). The topological polar surface area (TPSA) is 120 Å². The Labute approximate surface area is 134 Å². The molecule has 0 aromatic heterocycles. The molecule has 1 saturated carbocycles. The molecular weight excluding hydrogens is 320 g/mol. The minimum Gasteiger partial charge on any atom is -0.369 e. The van der Waals surface area contributed by atoms with Crippen LogP contribution >= 0.6 is 0 Å². The normalized spacial score (nSPS) is 17.1. The van der Waals surface area contributed by atoms with Crippen molar-refractivity contribution in [3.05, 3.63) is 33.9 Å². The molecule has 0 heterocycles. The molecule has 1 atom stereocenters. The summed E-state index contributed by atoms with van der Waals surface area (Å²) in [7, 11) is -3.72. The highest BCUT2D eigenvalue weighted by Crippen LogP contribution is 2.36. The van der Waals surface area contributed by atoms with Crippen molar-refractivity contribution in [2.75, 3.05) is 6.26 Å². The van der Waals surface area contributed by atoms with Gasteiger partial charge < -0.3 is 5.73 Å². The number of nitro groups is 1. The SMILES string of the molecule is CS(=O)(=O)c1ccc(C(CC2CCCC2)C(N)=O)cc1[N+](=O)[O-]. The molecule has 1 fully saturated rings. The first kappa shape index (κ1) is 17.4. The third-order valence-corrected chi connectivity index (χ3v) is 5.51. The third-order valence-electron chi connectivity index (χ3n) is 4.37. The Morgan fingerprint density at radius 2 is 2.00 bits per heavy atom. The number of rotatable bonds is 6. The van der Waals surface area contributed by atoms with Crippen LogP contribution in [0.15, 0.2) is 23.1 Å². The largest absolute Gasteiger partial charge is 0.369 e. The van der Waals surface area contributed by atoms with Crippen LogP contribution in [-0.4, -0.2) is 25.5 Å². The van der Waals surface area contributed by atoms with Crippen molar-refractivity contribution in [3.63, 3.8) is 0 Å². The molecule has 126 valence electrons. The van der Waals surface area contributed by atoms with E-state index in [-0.39, 0.29) is 4.90 Å². The summed E-state index contributed by atoms with van der Waals surface area (Å²) in [5.41, 5.74) is 5.36. The number of nitro benzene ring substituents is 1. The maximum Gasteiger partial charge on any atom is 0.288 e. The predicted octanol–water partition coefficient (Wildman–Crippen LogP) is 2.15. The number of carbonyl (C=O) groups excluding carboxylic acids is 1. The highest BCUT2D eigenvalue weighted by molar-refractivity contribution is 7.90. The standard InChI is InChI=1S/C15H20N2O5S/c1-23(21,22)14-7-6-11(9-13(14)17(19)20)12(15(16)18)8-10-4-2-3-5-10/h6-7,9-10,12H,2-5,8H2,1H3,(H2,16,18). The molecule has 8 heteroatoms. The maximum atomic E-state index is 11.8. The van der Waals surface area contributed by atoms with Crippen LogP contribution in [0.4, 0.5) is 5.69 Å². The van der Waals surface area contributed by atoms with Gasteiger partial charge in [0.25, 0.3) is 5.69 Å². The van der Waals surface area contributed by atoms with Gasteiger partial charge in [-0.3, -0.25) is 14.9 Å². The zero-order valence-corrected chi connectivity index (χ0v) is 13.7. The second kappa shape index (κ2) is 6.66. The van der Waals surface area contributed by atoms with Crippen LogP contribution in [0.25, 0.3) is 0 Å². The van der Waals surface area contributed by atoms with Gasteiger partial charge in [-0.1, -0.05) is 31.7 Å². The summed E-state index contributed by atoms with van der Waals surface area (Å²) in [6, 6.07) is 3.81. The van der Waals surface area contributed by atoms with Crippen molar-refractivity contribution < 1.29 is 18.1 Å². The minimum atomic E-state index is -3.72. The summed E-state index contributed by atoms with van der Waals surface area (Å²) in [5, 5.41) is 11.2. The average molecular weight is 340 g/mol. The Morgan fingerprint density at radius 3 is 2.48 bits per heavy atom. The van der Waals surface area contributed by atoms with Crippen LogP contribution in [0.1, 0.15) is 43.6 Å². The first-order chi connectivity index (χ1) is 10.7. The van der Waals surface area contributed by atoms with Crippen LogP contribution in [0, 0.1) is 16.0 Å². The van der Waals surface area contributed by atoms with Crippen molar-refractivity contribution in [1.29, 1.82) is 0 Å². The van der Waals surface area contributed by atoms with E-state index in [1.54, 1.807) is 0 Å². The van der Waals surface area contributed by atoms with Crippen molar-refractivity contribution in [3.8, 4) is 0 Å². The molecule has 0 saturated heterocycles. The molecule has 0 bridgehead atoms. The summed E-state index contributed by atoms with van der Waals surface area (Å²) in [4.78, 5) is 21.9. The smallest absolute Gasteiger partial charge is 0.288 e. The Balaban J connectivity index is 2.41. The van der Waals surface area contributed by atoms with E-state index >= 15 is 0 Å². The second-order valence-electron chi connectivity index (χ2n) is 6.10. The molecule has 1 aromatic rings. The lowest BCUT2D eigenvalue weighted by Gasteiger charge is -2.18. The lowest BCUT2D eigenvalue weighted by atomic mass is 9.87. The van der Waals surface area contributed by atoms with Gasteiger partial charge in [-0.05, 0) is 24.0 Å². The summed E-state index contributed by atoms with van der Waals surface area (Å²) < 4.78 is 23.3. The number of carbonyl (C=O) groups is 1. The van der Waals surface area contributed by atoms with Crippen LogP contribution in [0.3, 0.4) is 0 Å². The average Bonchev–Trinajstić information content (AvgIpc) is 2.95. The summed E-state index contributed by atoms with van der Waals surface area (Å²) in [6.45, 7) is 0. The van der Waals surface area contributed by atoms with Gasteiger partial charge in [0.1, 0.15) is 4.90 Å². The number of primary amides is 1. The fraction of sp³-hybridized carbons (Fsp3) is 0.533. The van der Waals surface area contributed by atoms with Crippen LogP contribution in [0.5, 0.6) is 0 Å². The van der Waals surface area contributed by atoms with Crippen LogP contribution < -0.4 is 5.73 Å². The third kappa shape index (κ3) is 4.07. The summed E-state index contributed by atoms with van der Waals surface area (Å²) in [6.07, 6.45) is 5.73. The number of hydrogen-bond donors (Lipinski definition) is 1. The van der Waals surface area contributed by atoms with Gasteiger partial charge in [0.05, 0.1) is 10.8 Å². The van der Waals surface area contributed by atoms with Crippen molar-refractivity contribution in [2.24, 2.45) is 11.7 Å². The van der Waals surface area contributed by atoms with Gasteiger partial charge in [-0.2, -0.15) is 0 Å². The number of amides is 1. The predicted molar refractivity (Wildman–Crippen MR) is 84.7 cm³/mol. The molecule has 1 aliphatic carbocycles. The molecular formula is C15H20N2O5S. The van der Waals surface area contributed by atoms with Crippen molar-refractivity contribution in [1.82, 2.24) is 0 Å². The van der Waals surface area contributed by atoms with Gasteiger partial charge in [0.2, 0.25) is 5.91 Å². The molecule has 0 radical (unpaired) electrons. The van der Waals surface area contributed by atoms with Gasteiger partial charge in [0.15, 0.2) is 9.84 Å². The Morgan fingerprint density at radius 1 is 1.39 bits per heavy atom. The highest BCUT2D eigenvalue weighted by atomic mass is 32.2. The van der Waals surface area contributed by atoms with E-state index in [1.165, 1.54) is 18.2 Å². The number of sulfone groups is 1. The molecule has 1 amide bonds. The van der Waals surface area contributed by atoms with E-state index in [0.717, 1.165) is 31.9 Å². The van der Waals surface area contributed by atoms with E-state index in [1.807, 2.05) is 0 Å². The quantitative estimate of drug-likeness (QED) is 0.628. The first-order valence-corrected chi connectivity index (χ1v) is 9.37. The van der Waals surface area contributed by atoms with Crippen LogP contribution in [-0.2, 0) is 14.6 Å². The Kier molecular flexibility index (Phi) is 5.03. The first-order valence-electron chi connectivity index (χ1n) is 7.48. The second-order valence-corrected chi connectivity index (χ2v) is 8.08. The van der Waals surface area contributed by atoms with Gasteiger partial charge in [-0.15, -0.1) is 0 Å². The fourth-order valence-electron chi connectivity index (χ4n) is 3.20. The van der Waals surface area contributed by atoms with E-state index in [4.69, 9.17) is 5.73 Å². The zero-order chi connectivity index (χ0) is 17.2. The Hall–Kier alpha value is -1.96. The lowest BCUT2D eigenvalue weighted by molar-refractivity contribution is -0.387. The maximum absolute atomic E-state index is 11.8. The van der Waals surface area contributed by atoms with Crippen molar-refractivity contribution >= 4 is 21.4 Å². The van der Waals surface area contributed by atoms with E-state index < -0.39 is 32.3 Å². The Bertz CT molecular complexity index is 723. The molecule has 7 nitrogen and oxygen atoms in total. The number of nitrogens with two attached hydrogens (primary N) is 1.